The summed E-state index contributed by atoms with van der Waals surface area (Å²) in [6.45, 7) is 6.46. The van der Waals surface area contributed by atoms with E-state index in [2.05, 4.69) is 4.98 Å². The Morgan fingerprint density at radius 2 is 1.89 bits per heavy atom. The summed E-state index contributed by atoms with van der Waals surface area (Å²) in [6, 6.07) is 1.32. The number of rotatable bonds is 2. The second-order valence-corrected chi connectivity index (χ2v) is 5.17. The van der Waals surface area contributed by atoms with E-state index in [0.29, 0.717) is 5.89 Å². The zero-order chi connectivity index (χ0) is 13.7. The molecule has 0 aliphatic carbocycles. The van der Waals surface area contributed by atoms with Gasteiger partial charge in [-0.1, -0.05) is 13.8 Å². The van der Waals surface area contributed by atoms with Crippen molar-refractivity contribution < 1.29 is 18.3 Å². The number of benzene rings is 1. The van der Waals surface area contributed by atoms with Gasteiger partial charge < -0.3 is 9.52 Å². The quantitative estimate of drug-likeness (QED) is 0.893. The molecule has 0 amide bonds. The van der Waals surface area contributed by atoms with Crippen molar-refractivity contribution in [1.82, 2.24) is 4.98 Å². The van der Waals surface area contributed by atoms with Crippen molar-refractivity contribution in [2.75, 3.05) is 0 Å². The van der Waals surface area contributed by atoms with E-state index in [0.717, 1.165) is 0 Å². The topological polar surface area (TPSA) is 46.3 Å². The Balaban J connectivity index is 2.76. The molecule has 0 radical (unpaired) electrons. The summed E-state index contributed by atoms with van der Waals surface area (Å²) in [5.41, 5.74) is -1.59. The minimum atomic E-state index is -1.48. The van der Waals surface area contributed by atoms with Crippen LogP contribution in [0.5, 0.6) is 0 Å². The molecule has 0 spiro atoms. The van der Waals surface area contributed by atoms with Crippen LogP contribution < -0.4 is 0 Å². The first-order valence-electron chi connectivity index (χ1n) is 5.73. The molecule has 0 bridgehead atoms. The molecule has 2 rings (SSSR count). The Hall–Kier alpha value is -1.49. The van der Waals surface area contributed by atoms with Gasteiger partial charge in [0.1, 0.15) is 5.52 Å². The predicted octanol–water partition coefficient (Wildman–Crippen LogP) is 3.46. The standard InChI is InChI=1S/C13H15F2NO2/c1-6(2)12-16-8-5-7(13(3,4)17)9(14)10(15)11(8)18-12/h5-6,17H,1-4H3. The molecular formula is C13H15F2NO2. The molecule has 0 saturated heterocycles. The molecule has 1 aromatic heterocycles. The fourth-order valence-electron chi connectivity index (χ4n) is 1.71. The third kappa shape index (κ3) is 1.99. The number of nitrogens with zero attached hydrogens (tertiary/aromatic N) is 1. The lowest BCUT2D eigenvalue weighted by Crippen LogP contribution is -2.18. The van der Waals surface area contributed by atoms with Crippen molar-refractivity contribution in [2.24, 2.45) is 0 Å². The van der Waals surface area contributed by atoms with E-state index in [4.69, 9.17) is 4.42 Å². The van der Waals surface area contributed by atoms with Gasteiger partial charge in [-0.3, -0.25) is 0 Å². The maximum atomic E-state index is 13.8. The third-order valence-electron chi connectivity index (χ3n) is 2.73. The molecule has 2 aromatic rings. The Morgan fingerprint density at radius 3 is 2.39 bits per heavy atom. The maximum Gasteiger partial charge on any atom is 0.203 e. The Kier molecular flexibility index (Phi) is 2.89. The molecule has 3 nitrogen and oxygen atoms in total. The van der Waals surface area contributed by atoms with Crippen LogP contribution in [0.1, 0.15) is 45.1 Å². The normalized spacial score (nSPS) is 12.7. The second kappa shape index (κ2) is 4.02. The first-order chi connectivity index (χ1) is 8.21. The van der Waals surface area contributed by atoms with Gasteiger partial charge in [-0.25, -0.2) is 9.37 Å². The molecule has 1 heterocycles. The Morgan fingerprint density at radius 1 is 1.28 bits per heavy atom. The summed E-state index contributed by atoms with van der Waals surface area (Å²) in [6.07, 6.45) is 0. The molecule has 18 heavy (non-hydrogen) atoms. The fourth-order valence-corrected chi connectivity index (χ4v) is 1.71. The smallest absolute Gasteiger partial charge is 0.203 e. The zero-order valence-corrected chi connectivity index (χ0v) is 10.7. The van der Waals surface area contributed by atoms with E-state index in [-0.39, 0.29) is 22.6 Å². The van der Waals surface area contributed by atoms with Crippen molar-refractivity contribution in [2.45, 2.75) is 39.2 Å². The van der Waals surface area contributed by atoms with Crippen molar-refractivity contribution in [3.05, 3.63) is 29.2 Å². The number of aromatic nitrogens is 1. The summed E-state index contributed by atoms with van der Waals surface area (Å²) >= 11 is 0. The van der Waals surface area contributed by atoms with Crippen LogP contribution in [0, 0.1) is 11.6 Å². The SMILES string of the molecule is CC(C)c1nc2cc(C(C)(C)O)c(F)c(F)c2o1. The lowest BCUT2D eigenvalue weighted by molar-refractivity contribution is 0.0739. The van der Waals surface area contributed by atoms with Gasteiger partial charge in [0.2, 0.25) is 5.82 Å². The first-order valence-corrected chi connectivity index (χ1v) is 5.73. The number of halogens is 2. The van der Waals surface area contributed by atoms with Crippen LogP contribution in [0.15, 0.2) is 10.5 Å². The lowest BCUT2D eigenvalue weighted by Gasteiger charge is -2.18. The van der Waals surface area contributed by atoms with Gasteiger partial charge in [-0.15, -0.1) is 0 Å². The fraction of sp³-hybridized carbons (Fsp3) is 0.462. The molecule has 1 aromatic carbocycles. The van der Waals surface area contributed by atoms with Crippen molar-refractivity contribution in [3.63, 3.8) is 0 Å². The van der Waals surface area contributed by atoms with E-state index in [1.54, 1.807) is 0 Å². The van der Waals surface area contributed by atoms with E-state index in [1.807, 2.05) is 13.8 Å². The minimum Gasteiger partial charge on any atom is -0.437 e. The van der Waals surface area contributed by atoms with Gasteiger partial charge in [0, 0.05) is 11.5 Å². The predicted molar refractivity (Wildman–Crippen MR) is 63.3 cm³/mol. The number of aliphatic hydroxyl groups is 1. The van der Waals surface area contributed by atoms with E-state index < -0.39 is 17.2 Å². The first kappa shape index (κ1) is 13.0. The number of fused-ring (bicyclic) bond motifs is 1. The third-order valence-corrected chi connectivity index (χ3v) is 2.73. The average molecular weight is 255 g/mol. The van der Waals surface area contributed by atoms with Crippen LogP contribution in [-0.2, 0) is 5.60 Å². The summed E-state index contributed by atoms with van der Waals surface area (Å²) in [5.74, 6) is -1.88. The monoisotopic (exact) mass is 255 g/mol. The van der Waals surface area contributed by atoms with Gasteiger partial charge in [0.15, 0.2) is 17.3 Å². The zero-order valence-electron chi connectivity index (χ0n) is 10.7. The van der Waals surface area contributed by atoms with Gasteiger partial charge >= 0.3 is 0 Å². The molecule has 0 atom stereocenters. The summed E-state index contributed by atoms with van der Waals surface area (Å²) < 4.78 is 32.9. The molecular weight excluding hydrogens is 240 g/mol. The average Bonchev–Trinajstić information content (AvgIpc) is 2.65. The van der Waals surface area contributed by atoms with Crippen LogP contribution in [0.3, 0.4) is 0 Å². The number of oxazole rings is 1. The molecule has 5 heteroatoms. The van der Waals surface area contributed by atoms with Gasteiger partial charge in [0.05, 0.1) is 5.60 Å². The minimum absolute atomic E-state index is 0.0227. The summed E-state index contributed by atoms with van der Waals surface area (Å²) in [5, 5.41) is 9.80. The number of hydrogen-bond donors (Lipinski definition) is 1. The van der Waals surface area contributed by atoms with Crippen LogP contribution in [0.4, 0.5) is 8.78 Å². The van der Waals surface area contributed by atoms with Crippen LogP contribution in [-0.4, -0.2) is 10.1 Å². The number of hydrogen-bond acceptors (Lipinski definition) is 3. The Bertz CT molecular complexity index is 597. The Labute approximate surface area is 103 Å². The highest BCUT2D eigenvalue weighted by Crippen LogP contribution is 2.31. The van der Waals surface area contributed by atoms with Crippen molar-refractivity contribution in [1.29, 1.82) is 0 Å². The molecule has 0 saturated carbocycles. The van der Waals surface area contributed by atoms with E-state index >= 15 is 0 Å². The van der Waals surface area contributed by atoms with E-state index in [9.17, 15) is 13.9 Å². The molecule has 0 unspecified atom stereocenters. The second-order valence-electron chi connectivity index (χ2n) is 5.17. The highest BCUT2D eigenvalue weighted by atomic mass is 19.2. The molecule has 0 aliphatic rings. The lowest BCUT2D eigenvalue weighted by atomic mass is 9.97. The summed E-state index contributed by atoms with van der Waals surface area (Å²) in [4.78, 5) is 4.10. The maximum absolute atomic E-state index is 13.8. The van der Waals surface area contributed by atoms with Crippen molar-refractivity contribution >= 4 is 11.1 Å². The molecule has 98 valence electrons. The van der Waals surface area contributed by atoms with Crippen molar-refractivity contribution in [3.8, 4) is 0 Å². The van der Waals surface area contributed by atoms with Crippen LogP contribution >= 0.6 is 0 Å². The van der Waals surface area contributed by atoms with Crippen LogP contribution in [0.25, 0.3) is 11.1 Å². The van der Waals surface area contributed by atoms with Gasteiger partial charge in [0.25, 0.3) is 0 Å². The largest absolute Gasteiger partial charge is 0.437 e. The highest BCUT2D eigenvalue weighted by Gasteiger charge is 2.27. The summed E-state index contributed by atoms with van der Waals surface area (Å²) in [7, 11) is 0. The van der Waals surface area contributed by atoms with Gasteiger partial charge in [-0.05, 0) is 19.9 Å². The van der Waals surface area contributed by atoms with Crippen LogP contribution in [0.2, 0.25) is 0 Å². The van der Waals surface area contributed by atoms with Gasteiger partial charge in [-0.2, -0.15) is 4.39 Å². The molecule has 1 N–H and O–H groups in total. The van der Waals surface area contributed by atoms with E-state index in [1.165, 1.54) is 19.9 Å². The molecule has 0 fully saturated rings. The molecule has 0 aliphatic heterocycles. The highest BCUT2D eigenvalue weighted by molar-refractivity contribution is 5.75.